The molecule has 0 saturated heterocycles. The first-order valence-electron chi connectivity index (χ1n) is 6.98. The van der Waals surface area contributed by atoms with E-state index in [0.29, 0.717) is 15.6 Å². The van der Waals surface area contributed by atoms with Crippen LogP contribution in [0.3, 0.4) is 0 Å². The molecule has 1 amide bonds. The standard InChI is InChI=1S/C16H17ClN2OS/c1-2-3-8-21-16-13(10-18)12(9-15(20)19-16)11-6-4-5-7-14(11)17/h4-7,12H,2-3,8-9H2,1H3,(H,19,20)/t12-/m0/s1. The Morgan fingerprint density at radius 1 is 1.48 bits per heavy atom. The summed E-state index contributed by atoms with van der Waals surface area (Å²) in [6.45, 7) is 2.12. The Kier molecular flexibility index (Phi) is 5.72. The molecule has 0 radical (unpaired) electrons. The summed E-state index contributed by atoms with van der Waals surface area (Å²) in [6.07, 6.45) is 2.41. The minimum absolute atomic E-state index is 0.0575. The molecule has 1 N–H and O–H groups in total. The van der Waals surface area contributed by atoms with Gasteiger partial charge in [0.05, 0.1) is 16.7 Å². The predicted octanol–water partition coefficient (Wildman–Crippen LogP) is 4.21. The molecule has 0 bridgehead atoms. The fourth-order valence-corrected chi connectivity index (χ4v) is 3.71. The highest BCUT2D eigenvalue weighted by Crippen LogP contribution is 2.38. The predicted molar refractivity (Wildman–Crippen MR) is 87.0 cm³/mol. The van der Waals surface area contributed by atoms with Gasteiger partial charge in [-0.2, -0.15) is 5.26 Å². The number of benzene rings is 1. The second-order valence-electron chi connectivity index (χ2n) is 4.88. The van der Waals surface area contributed by atoms with Crippen LogP contribution in [0.1, 0.15) is 37.7 Å². The van der Waals surface area contributed by atoms with Crippen molar-refractivity contribution in [1.82, 2.24) is 5.32 Å². The Bertz CT molecular complexity index is 607. The SMILES string of the molecule is CCCCSC1=C(C#N)[C@H](c2ccccc2Cl)CC(=O)N1. The number of carbonyl (C=O) groups excluding carboxylic acids is 1. The number of thioether (sulfide) groups is 1. The van der Waals surface area contributed by atoms with Crippen molar-refractivity contribution in [2.24, 2.45) is 0 Å². The van der Waals surface area contributed by atoms with Crippen LogP contribution in [-0.2, 0) is 4.79 Å². The molecule has 1 aromatic carbocycles. The molecule has 1 aliphatic rings. The molecule has 1 aromatic rings. The zero-order valence-electron chi connectivity index (χ0n) is 11.9. The van der Waals surface area contributed by atoms with E-state index in [1.54, 1.807) is 17.8 Å². The van der Waals surface area contributed by atoms with E-state index >= 15 is 0 Å². The highest BCUT2D eigenvalue weighted by Gasteiger charge is 2.30. The topological polar surface area (TPSA) is 52.9 Å². The van der Waals surface area contributed by atoms with Gasteiger partial charge < -0.3 is 5.32 Å². The zero-order chi connectivity index (χ0) is 15.2. The van der Waals surface area contributed by atoms with Crippen molar-refractivity contribution in [2.45, 2.75) is 32.1 Å². The number of hydrogen-bond acceptors (Lipinski definition) is 3. The number of nitriles is 1. The van der Waals surface area contributed by atoms with Crippen molar-refractivity contribution in [2.75, 3.05) is 5.75 Å². The Labute approximate surface area is 134 Å². The van der Waals surface area contributed by atoms with Crippen LogP contribution in [0.4, 0.5) is 0 Å². The molecule has 2 rings (SSSR count). The average molecular weight is 321 g/mol. The Morgan fingerprint density at radius 3 is 2.90 bits per heavy atom. The molecule has 1 heterocycles. The van der Waals surface area contributed by atoms with Gasteiger partial charge >= 0.3 is 0 Å². The molecule has 21 heavy (non-hydrogen) atoms. The monoisotopic (exact) mass is 320 g/mol. The lowest BCUT2D eigenvalue weighted by Crippen LogP contribution is -2.31. The number of nitrogens with zero attached hydrogens (tertiary/aromatic N) is 1. The van der Waals surface area contributed by atoms with Crippen molar-refractivity contribution in [3.05, 3.63) is 45.5 Å². The third kappa shape index (κ3) is 3.81. The number of nitrogens with one attached hydrogen (secondary N) is 1. The lowest BCUT2D eigenvalue weighted by molar-refractivity contribution is -0.120. The molecule has 5 heteroatoms. The summed E-state index contributed by atoms with van der Waals surface area (Å²) < 4.78 is 0. The Morgan fingerprint density at radius 2 is 2.24 bits per heavy atom. The first-order valence-corrected chi connectivity index (χ1v) is 8.35. The summed E-state index contributed by atoms with van der Waals surface area (Å²) >= 11 is 7.78. The smallest absolute Gasteiger partial charge is 0.225 e. The maximum atomic E-state index is 12.0. The molecule has 1 atom stereocenters. The van der Waals surface area contributed by atoms with E-state index in [9.17, 15) is 10.1 Å². The molecule has 110 valence electrons. The second-order valence-corrected chi connectivity index (χ2v) is 6.40. The van der Waals surface area contributed by atoms with Gasteiger partial charge in [0.25, 0.3) is 0 Å². The van der Waals surface area contributed by atoms with Gasteiger partial charge in [-0.3, -0.25) is 4.79 Å². The fourth-order valence-electron chi connectivity index (χ4n) is 2.27. The summed E-state index contributed by atoms with van der Waals surface area (Å²) in [5.41, 5.74) is 1.46. The molecule has 0 aromatic heterocycles. The molecule has 3 nitrogen and oxygen atoms in total. The molecule has 0 aliphatic carbocycles. The quantitative estimate of drug-likeness (QED) is 0.827. The number of halogens is 1. The van der Waals surface area contributed by atoms with Gasteiger partial charge in [0, 0.05) is 17.4 Å². The largest absolute Gasteiger partial charge is 0.320 e. The Hall–Kier alpha value is -1.44. The van der Waals surface area contributed by atoms with Gasteiger partial charge in [0.1, 0.15) is 0 Å². The van der Waals surface area contributed by atoms with Gasteiger partial charge in [-0.1, -0.05) is 43.1 Å². The lowest BCUT2D eigenvalue weighted by atomic mass is 9.87. The van der Waals surface area contributed by atoms with Crippen LogP contribution in [0, 0.1) is 11.3 Å². The van der Waals surface area contributed by atoms with Crippen molar-refractivity contribution in [3.63, 3.8) is 0 Å². The van der Waals surface area contributed by atoms with Gasteiger partial charge in [-0.15, -0.1) is 11.8 Å². The highest BCUT2D eigenvalue weighted by atomic mass is 35.5. The number of allylic oxidation sites excluding steroid dienone is 1. The zero-order valence-corrected chi connectivity index (χ0v) is 13.4. The summed E-state index contributed by atoms with van der Waals surface area (Å²) in [6, 6.07) is 9.67. The molecule has 0 fully saturated rings. The van der Waals surface area contributed by atoms with E-state index in [4.69, 9.17) is 11.6 Å². The molecule has 0 unspecified atom stereocenters. The first kappa shape index (κ1) is 15.9. The summed E-state index contributed by atoms with van der Waals surface area (Å²) in [5, 5.41) is 13.6. The van der Waals surface area contributed by atoms with Crippen LogP contribution in [0.2, 0.25) is 5.02 Å². The van der Waals surface area contributed by atoms with E-state index < -0.39 is 0 Å². The number of amides is 1. The minimum Gasteiger partial charge on any atom is -0.320 e. The highest BCUT2D eigenvalue weighted by molar-refractivity contribution is 8.03. The number of unbranched alkanes of at least 4 members (excludes halogenated alkanes) is 1. The van der Waals surface area contributed by atoms with Gasteiger partial charge in [-0.25, -0.2) is 0 Å². The normalized spacial score (nSPS) is 18.3. The molecule has 0 saturated carbocycles. The number of carbonyl (C=O) groups is 1. The van der Waals surface area contributed by atoms with Gasteiger partial charge in [-0.05, 0) is 23.8 Å². The summed E-state index contributed by atoms with van der Waals surface area (Å²) in [7, 11) is 0. The van der Waals surface area contributed by atoms with E-state index in [0.717, 1.165) is 24.2 Å². The summed E-state index contributed by atoms with van der Waals surface area (Å²) in [4.78, 5) is 12.0. The second kappa shape index (κ2) is 7.53. The van der Waals surface area contributed by atoms with Crippen molar-refractivity contribution in [3.8, 4) is 6.07 Å². The van der Waals surface area contributed by atoms with Gasteiger partial charge in [0.15, 0.2) is 0 Å². The Balaban J connectivity index is 2.35. The number of hydrogen-bond donors (Lipinski definition) is 1. The summed E-state index contributed by atoms with van der Waals surface area (Å²) in [5.74, 6) is 0.589. The lowest BCUT2D eigenvalue weighted by Gasteiger charge is -2.25. The third-order valence-corrected chi connectivity index (χ3v) is 4.83. The maximum Gasteiger partial charge on any atom is 0.225 e. The average Bonchev–Trinajstić information content (AvgIpc) is 2.47. The van der Waals surface area contributed by atoms with Crippen LogP contribution >= 0.6 is 23.4 Å². The molecular weight excluding hydrogens is 304 g/mol. The number of rotatable bonds is 5. The van der Waals surface area contributed by atoms with Crippen LogP contribution in [0.25, 0.3) is 0 Å². The van der Waals surface area contributed by atoms with Crippen LogP contribution < -0.4 is 5.32 Å². The first-order chi connectivity index (χ1) is 10.2. The van der Waals surface area contributed by atoms with E-state index in [-0.39, 0.29) is 18.2 Å². The molecule has 1 aliphatic heterocycles. The van der Waals surface area contributed by atoms with E-state index in [1.165, 1.54) is 0 Å². The van der Waals surface area contributed by atoms with Crippen molar-refractivity contribution in [1.29, 1.82) is 5.26 Å². The maximum absolute atomic E-state index is 12.0. The van der Waals surface area contributed by atoms with E-state index in [2.05, 4.69) is 18.3 Å². The van der Waals surface area contributed by atoms with Gasteiger partial charge in [0.2, 0.25) is 5.91 Å². The fraction of sp³-hybridized carbons (Fsp3) is 0.375. The third-order valence-electron chi connectivity index (χ3n) is 3.38. The van der Waals surface area contributed by atoms with E-state index in [1.807, 2.05) is 18.2 Å². The van der Waals surface area contributed by atoms with Crippen molar-refractivity contribution < 1.29 is 4.79 Å². The van der Waals surface area contributed by atoms with Crippen LogP contribution in [-0.4, -0.2) is 11.7 Å². The molecular formula is C16H17ClN2OS. The van der Waals surface area contributed by atoms with Crippen LogP contribution in [0.5, 0.6) is 0 Å². The van der Waals surface area contributed by atoms with Crippen molar-refractivity contribution >= 4 is 29.3 Å². The van der Waals surface area contributed by atoms with Crippen LogP contribution in [0.15, 0.2) is 34.9 Å². The molecule has 0 spiro atoms. The minimum atomic E-state index is -0.249.